The van der Waals surface area contributed by atoms with Crippen LogP contribution in [0.15, 0.2) is 132 Å². The SMILES string of the molecule is COc1ccc(Cn2cc([C@H](CC(=O)NCc3ccco3)c3cccc(Oc4ccccc4)c3)c3ccccc32)cc1. The highest BCUT2D eigenvalue weighted by molar-refractivity contribution is 5.87. The molecule has 2 aromatic heterocycles. The number of methoxy groups -OCH3 is 1. The maximum atomic E-state index is 13.4. The molecule has 0 aliphatic heterocycles. The number of carbonyl (C=O) groups is 1. The van der Waals surface area contributed by atoms with Crippen LogP contribution < -0.4 is 14.8 Å². The lowest BCUT2D eigenvalue weighted by atomic mass is 9.88. The molecular weight excluding hydrogens is 524 g/mol. The maximum Gasteiger partial charge on any atom is 0.221 e. The molecule has 0 saturated heterocycles. The molecule has 0 radical (unpaired) electrons. The molecular formula is C36H32N2O4. The summed E-state index contributed by atoms with van der Waals surface area (Å²) < 4.78 is 19.2. The molecule has 0 saturated carbocycles. The first-order valence-corrected chi connectivity index (χ1v) is 14.0. The first-order valence-electron chi connectivity index (χ1n) is 14.0. The Hall–Kier alpha value is -5.23. The molecule has 6 heteroatoms. The minimum atomic E-state index is -0.206. The van der Waals surface area contributed by atoms with Crippen LogP contribution >= 0.6 is 0 Å². The molecule has 6 rings (SSSR count). The van der Waals surface area contributed by atoms with Crippen molar-refractivity contribution in [2.75, 3.05) is 7.11 Å². The van der Waals surface area contributed by atoms with E-state index < -0.39 is 0 Å². The van der Waals surface area contributed by atoms with Crippen LogP contribution in [0.5, 0.6) is 17.2 Å². The molecule has 6 aromatic rings. The van der Waals surface area contributed by atoms with E-state index in [1.54, 1.807) is 13.4 Å². The molecule has 1 N–H and O–H groups in total. The van der Waals surface area contributed by atoms with Gasteiger partial charge in [0.25, 0.3) is 0 Å². The van der Waals surface area contributed by atoms with Crippen LogP contribution in [0.2, 0.25) is 0 Å². The predicted molar refractivity (Wildman–Crippen MR) is 164 cm³/mol. The predicted octanol–water partition coefficient (Wildman–Crippen LogP) is 7.92. The number of carbonyl (C=O) groups excluding carboxylic acids is 1. The summed E-state index contributed by atoms with van der Waals surface area (Å²) in [5.74, 6) is 2.77. The first kappa shape index (κ1) is 27.0. The van der Waals surface area contributed by atoms with Gasteiger partial charge in [-0.15, -0.1) is 0 Å². The van der Waals surface area contributed by atoms with Crippen LogP contribution in [0, 0.1) is 0 Å². The Balaban J connectivity index is 1.36. The van der Waals surface area contributed by atoms with E-state index in [4.69, 9.17) is 13.9 Å². The second-order valence-electron chi connectivity index (χ2n) is 10.2. The van der Waals surface area contributed by atoms with E-state index in [1.807, 2.05) is 78.9 Å². The van der Waals surface area contributed by atoms with Gasteiger partial charge in [-0.2, -0.15) is 0 Å². The molecule has 0 spiro atoms. The quantitative estimate of drug-likeness (QED) is 0.176. The number of benzene rings is 4. The van der Waals surface area contributed by atoms with Gasteiger partial charge in [0.1, 0.15) is 23.0 Å². The standard InChI is InChI=1S/C36H32N2O4/c1-40-28-18-16-26(17-19-28)24-38-25-34(32-14-5-6-15-35(32)38)33(22-36(39)37-23-31-13-8-20-41-31)27-9-7-12-30(21-27)42-29-10-3-2-4-11-29/h2-21,25,33H,22-24H2,1H3,(H,37,39)/t33-/m1/s1. The fraction of sp³-hybridized carbons (Fsp3) is 0.139. The van der Waals surface area contributed by atoms with Crippen LogP contribution in [-0.2, 0) is 17.9 Å². The first-order chi connectivity index (χ1) is 20.7. The van der Waals surface area contributed by atoms with E-state index in [2.05, 4.69) is 52.5 Å². The number of rotatable bonds is 11. The summed E-state index contributed by atoms with van der Waals surface area (Å²) in [6, 6.07) is 37.9. The number of para-hydroxylation sites is 2. The number of aromatic nitrogens is 1. The van der Waals surface area contributed by atoms with Crippen molar-refractivity contribution in [3.05, 3.63) is 150 Å². The van der Waals surface area contributed by atoms with Gasteiger partial charge in [-0.1, -0.05) is 60.7 Å². The summed E-state index contributed by atoms with van der Waals surface area (Å²) in [5, 5.41) is 4.15. The average Bonchev–Trinajstić information content (AvgIpc) is 3.68. The van der Waals surface area contributed by atoms with Gasteiger partial charge in [-0.25, -0.2) is 0 Å². The number of nitrogens with one attached hydrogen (secondary N) is 1. The molecule has 0 aliphatic carbocycles. The van der Waals surface area contributed by atoms with E-state index in [-0.39, 0.29) is 18.2 Å². The third-order valence-corrected chi connectivity index (χ3v) is 7.38. The molecule has 4 aromatic carbocycles. The molecule has 1 amide bonds. The van der Waals surface area contributed by atoms with Gasteiger partial charge in [0.2, 0.25) is 5.91 Å². The summed E-state index contributed by atoms with van der Waals surface area (Å²) in [5.41, 5.74) is 4.36. The van der Waals surface area contributed by atoms with Gasteiger partial charge < -0.3 is 23.8 Å². The van der Waals surface area contributed by atoms with Crippen molar-refractivity contribution in [1.29, 1.82) is 0 Å². The van der Waals surface area contributed by atoms with Crippen LogP contribution in [-0.4, -0.2) is 17.6 Å². The lowest BCUT2D eigenvalue weighted by molar-refractivity contribution is -0.121. The number of fused-ring (bicyclic) bond motifs is 1. The number of nitrogens with zero attached hydrogens (tertiary/aromatic N) is 1. The second kappa shape index (κ2) is 12.5. The van der Waals surface area contributed by atoms with Crippen molar-refractivity contribution in [3.8, 4) is 17.2 Å². The lowest BCUT2D eigenvalue weighted by Gasteiger charge is -2.18. The summed E-state index contributed by atoms with van der Waals surface area (Å²) in [7, 11) is 1.67. The zero-order valence-electron chi connectivity index (χ0n) is 23.4. The van der Waals surface area contributed by atoms with Gasteiger partial charge in [-0.05, 0) is 71.3 Å². The largest absolute Gasteiger partial charge is 0.497 e. The van der Waals surface area contributed by atoms with E-state index >= 15 is 0 Å². The molecule has 0 unspecified atom stereocenters. The number of hydrogen-bond acceptors (Lipinski definition) is 4. The van der Waals surface area contributed by atoms with Crippen molar-refractivity contribution in [1.82, 2.24) is 9.88 Å². The van der Waals surface area contributed by atoms with Crippen molar-refractivity contribution >= 4 is 16.8 Å². The number of furan rings is 1. The number of amides is 1. The molecule has 42 heavy (non-hydrogen) atoms. The highest BCUT2D eigenvalue weighted by atomic mass is 16.5. The highest BCUT2D eigenvalue weighted by Gasteiger charge is 2.23. The molecule has 2 heterocycles. The lowest BCUT2D eigenvalue weighted by Crippen LogP contribution is -2.24. The molecule has 0 bridgehead atoms. The second-order valence-corrected chi connectivity index (χ2v) is 10.2. The van der Waals surface area contributed by atoms with Crippen LogP contribution in [0.4, 0.5) is 0 Å². The average molecular weight is 557 g/mol. The van der Waals surface area contributed by atoms with Crippen molar-refractivity contribution in [2.24, 2.45) is 0 Å². The van der Waals surface area contributed by atoms with Gasteiger partial charge in [0, 0.05) is 36.0 Å². The molecule has 0 fully saturated rings. The Morgan fingerprint density at radius 1 is 0.833 bits per heavy atom. The fourth-order valence-corrected chi connectivity index (χ4v) is 5.29. The zero-order valence-corrected chi connectivity index (χ0v) is 23.4. The Kier molecular flexibility index (Phi) is 8.04. The molecule has 210 valence electrons. The Morgan fingerprint density at radius 2 is 1.62 bits per heavy atom. The van der Waals surface area contributed by atoms with E-state index in [9.17, 15) is 4.79 Å². The number of hydrogen-bond donors (Lipinski definition) is 1. The van der Waals surface area contributed by atoms with Gasteiger partial charge in [0.05, 0.1) is 19.9 Å². The van der Waals surface area contributed by atoms with Crippen molar-refractivity contribution < 1.29 is 18.7 Å². The van der Waals surface area contributed by atoms with Crippen LogP contribution in [0.25, 0.3) is 10.9 Å². The van der Waals surface area contributed by atoms with Crippen LogP contribution in [0.1, 0.15) is 34.8 Å². The normalized spacial score (nSPS) is 11.7. The summed E-state index contributed by atoms with van der Waals surface area (Å²) in [4.78, 5) is 13.4. The number of ether oxygens (including phenoxy) is 2. The van der Waals surface area contributed by atoms with E-state index in [0.717, 1.165) is 44.8 Å². The summed E-state index contributed by atoms with van der Waals surface area (Å²) in [6.07, 6.45) is 4.07. The zero-order chi connectivity index (χ0) is 28.7. The Morgan fingerprint density at radius 3 is 2.40 bits per heavy atom. The van der Waals surface area contributed by atoms with Crippen molar-refractivity contribution in [3.63, 3.8) is 0 Å². The molecule has 6 nitrogen and oxygen atoms in total. The van der Waals surface area contributed by atoms with E-state index in [1.165, 1.54) is 0 Å². The minimum absolute atomic E-state index is 0.0576. The Bertz CT molecular complexity index is 1760. The minimum Gasteiger partial charge on any atom is -0.497 e. The van der Waals surface area contributed by atoms with Gasteiger partial charge in [-0.3, -0.25) is 4.79 Å². The molecule has 1 atom stereocenters. The van der Waals surface area contributed by atoms with Crippen molar-refractivity contribution in [2.45, 2.75) is 25.4 Å². The maximum absolute atomic E-state index is 13.4. The highest BCUT2D eigenvalue weighted by Crippen LogP contribution is 2.37. The summed E-state index contributed by atoms with van der Waals surface area (Å²) >= 11 is 0. The summed E-state index contributed by atoms with van der Waals surface area (Å²) in [6.45, 7) is 1.04. The fourth-order valence-electron chi connectivity index (χ4n) is 5.29. The third-order valence-electron chi connectivity index (χ3n) is 7.38. The Labute approximate surface area is 245 Å². The third kappa shape index (κ3) is 6.23. The van der Waals surface area contributed by atoms with Gasteiger partial charge >= 0.3 is 0 Å². The monoisotopic (exact) mass is 556 g/mol. The van der Waals surface area contributed by atoms with Gasteiger partial charge in [0.15, 0.2) is 0 Å². The van der Waals surface area contributed by atoms with Crippen LogP contribution in [0.3, 0.4) is 0 Å². The van der Waals surface area contributed by atoms with E-state index in [0.29, 0.717) is 18.8 Å². The topological polar surface area (TPSA) is 65.6 Å². The molecule has 0 aliphatic rings. The smallest absolute Gasteiger partial charge is 0.221 e.